The topological polar surface area (TPSA) is 36.4 Å². The molecule has 13 heavy (non-hydrogen) atoms. The number of aromatic nitrogens is 1. The fourth-order valence-electron chi connectivity index (χ4n) is 1.09. The number of aliphatic hydroxyl groups is 1. The number of halogens is 1. The molecule has 1 atom stereocenters. The lowest BCUT2D eigenvalue weighted by atomic mass is 10.3. The van der Waals surface area contributed by atoms with Crippen molar-refractivity contribution in [3.05, 3.63) is 22.8 Å². The van der Waals surface area contributed by atoms with Gasteiger partial charge in [0.05, 0.1) is 6.10 Å². The second kappa shape index (κ2) is 4.58. The van der Waals surface area contributed by atoms with Crippen LogP contribution in [0.15, 0.2) is 22.8 Å². The van der Waals surface area contributed by atoms with Gasteiger partial charge in [0.15, 0.2) is 0 Å². The third-order valence-corrected chi connectivity index (χ3v) is 2.13. The average molecular weight is 245 g/mol. The summed E-state index contributed by atoms with van der Waals surface area (Å²) in [5.74, 6) is 0.857. The van der Waals surface area contributed by atoms with E-state index in [9.17, 15) is 5.11 Å². The number of hydrogen-bond donors (Lipinski definition) is 1. The van der Waals surface area contributed by atoms with Crippen LogP contribution in [0, 0.1) is 0 Å². The summed E-state index contributed by atoms with van der Waals surface area (Å²) in [6.07, 6.45) is 1.39. The average Bonchev–Trinajstić information content (AvgIpc) is 2.03. The van der Waals surface area contributed by atoms with Gasteiger partial charge < -0.3 is 10.0 Å². The quantitative estimate of drug-likeness (QED) is 0.879. The number of hydrogen-bond acceptors (Lipinski definition) is 3. The van der Waals surface area contributed by atoms with Crippen molar-refractivity contribution in [1.29, 1.82) is 0 Å². The van der Waals surface area contributed by atoms with Crippen LogP contribution < -0.4 is 4.90 Å². The molecule has 4 heteroatoms. The molecule has 0 bridgehead atoms. The van der Waals surface area contributed by atoms with Gasteiger partial charge in [-0.2, -0.15) is 0 Å². The van der Waals surface area contributed by atoms with E-state index in [1.54, 1.807) is 13.1 Å². The zero-order valence-electron chi connectivity index (χ0n) is 7.74. The third kappa shape index (κ3) is 3.32. The van der Waals surface area contributed by atoms with Crippen LogP contribution in [0.25, 0.3) is 0 Å². The van der Waals surface area contributed by atoms with Crippen molar-refractivity contribution >= 4 is 21.7 Å². The van der Waals surface area contributed by atoms with Gasteiger partial charge in [-0.3, -0.25) is 0 Å². The van der Waals surface area contributed by atoms with Gasteiger partial charge in [-0.25, -0.2) is 4.98 Å². The van der Waals surface area contributed by atoms with Crippen LogP contribution in [0.2, 0.25) is 0 Å². The Labute approximate surface area is 86.5 Å². The van der Waals surface area contributed by atoms with Crippen molar-refractivity contribution in [2.45, 2.75) is 13.0 Å². The van der Waals surface area contributed by atoms with Gasteiger partial charge in [0.2, 0.25) is 0 Å². The van der Waals surface area contributed by atoms with Gasteiger partial charge in [0, 0.05) is 24.3 Å². The number of pyridine rings is 1. The second-order valence-electron chi connectivity index (χ2n) is 3.06. The Hall–Kier alpha value is -0.610. The third-order valence-electron chi connectivity index (χ3n) is 1.64. The number of likely N-dealkylation sites (N-methyl/N-ethyl adjacent to an activating group) is 1. The molecule has 1 aromatic heterocycles. The molecule has 0 aliphatic heterocycles. The summed E-state index contributed by atoms with van der Waals surface area (Å²) < 4.78 is 0.995. The molecule has 0 aromatic carbocycles. The Bertz CT molecular complexity index is 278. The summed E-state index contributed by atoms with van der Waals surface area (Å²) in [6, 6.07) is 3.79. The highest BCUT2D eigenvalue weighted by atomic mass is 79.9. The first-order chi connectivity index (χ1) is 6.09. The minimum absolute atomic E-state index is 0.342. The molecule has 0 fully saturated rings. The molecular formula is C9H13BrN2O. The number of nitrogens with zero attached hydrogens (tertiary/aromatic N) is 2. The Balaban J connectivity index is 2.71. The van der Waals surface area contributed by atoms with Gasteiger partial charge in [0.1, 0.15) is 5.82 Å². The molecule has 72 valence electrons. The molecule has 0 aliphatic rings. The Morgan fingerprint density at radius 2 is 2.38 bits per heavy atom. The van der Waals surface area contributed by atoms with Crippen molar-refractivity contribution < 1.29 is 5.11 Å². The van der Waals surface area contributed by atoms with Crippen molar-refractivity contribution in [2.75, 3.05) is 18.5 Å². The van der Waals surface area contributed by atoms with Gasteiger partial charge >= 0.3 is 0 Å². The standard InChI is InChI=1S/C9H13BrN2O/c1-7(13)6-12(2)9-5-8(10)3-4-11-9/h3-5,7,13H,6H2,1-2H3. The molecule has 0 aliphatic carbocycles. The van der Waals surface area contributed by atoms with Crippen LogP contribution >= 0.6 is 15.9 Å². The summed E-state index contributed by atoms with van der Waals surface area (Å²) in [7, 11) is 1.90. The molecule has 1 heterocycles. The molecule has 1 unspecified atom stereocenters. The van der Waals surface area contributed by atoms with Crippen LogP contribution in [0.3, 0.4) is 0 Å². The molecule has 1 rings (SSSR count). The monoisotopic (exact) mass is 244 g/mol. The van der Waals surface area contributed by atoms with E-state index in [0.717, 1.165) is 10.3 Å². The molecule has 0 saturated carbocycles. The van der Waals surface area contributed by atoms with E-state index < -0.39 is 0 Å². The summed E-state index contributed by atoms with van der Waals surface area (Å²) in [6.45, 7) is 2.35. The first kappa shape index (κ1) is 10.5. The van der Waals surface area contributed by atoms with Crippen LogP contribution in [0.1, 0.15) is 6.92 Å². The maximum atomic E-state index is 9.17. The SMILES string of the molecule is CC(O)CN(C)c1cc(Br)ccn1. The van der Waals surface area contributed by atoms with Crippen LogP contribution in [0.4, 0.5) is 5.82 Å². The molecular weight excluding hydrogens is 232 g/mol. The van der Waals surface area contributed by atoms with E-state index in [4.69, 9.17) is 0 Å². The zero-order valence-corrected chi connectivity index (χ0v) is 9.32. The van der Waals surface area contributed by atoms with Crippen LogP contribution in [0.5, 0.6) is 0 Å². The van der Waals surface area contributed by atoms with Gasteiger partial charge in [-0.15, -0.1) is 0 Å². The molecule has 1 aromatic rings. The van der Waals surface area contributed by atoms with Gasteiger partial charge in [-0.1, -0.05) is 15.9 Å². The van der Waals surface area contributed by atoms with Gasteiger partial charge in [0.25, 0.3) is 0 Å². The first-order valence-electron chi connectivity index (χ1n) is 4.10. The molecule has 0 saturated heterocycles. The summed E-state index contributed by atoms with van der Waals surface area (Å²) in [5.41, 5.74) is 0. The molecule has 1 N–H and O–H groups in total. The number of rotatable bonds is 3. The largest absolute Gasteiger partial charge is 0.392 e. The Morgan fingerprint density at radius 1 is 1.69 bits per heavy atom. The zero-order chi connectivity index (χ0) is 9.84. The van der Waals surface area contributed by atoms with Crippen molar-refractivity contribution in [3.63, 3.8) is 0 Å². The molecule has 0 spiro atoms. The predicted octanol–water partition coefficient (Wildman–Crippen LogP) is 1.66. The van der Waals surface area contributed by atoms with Crippen molar-refractivity contribution in [3.8, 4) is 0 Å². The molecule has 3 nitrogen and oxygen atoms in total. The lowest BCUT2D eigenvalue weighted by molar-refractivity contribution is 0.201. The summed E-state index contributed by atoms with van der Waals surface area (Å²) in [4.78, 5) is 6.09. The van der Waals surface area contributed by atoms with Gasteiger partial charge in [-0.05, 0) is 19.1 Å². The highest BCUT2D eigenvalue weighted by molar-refractivity contribution is 9.10. The highest BCUT2D eigenvalue weighted by Crippen LogP contribution is 2.15. The number of anilines is 1. The summed E-state index contributed by atoms with van der Waals surface area (Å²) >= 11 is 3.37. The first-order valence-corrected chi connectivity index (χ1v) is 4.89. The van der Waals surface area contributed by atoms with E-state index in [1.807, 2.05) is 24.1 Å². The van der Waals surface area contributed by atoms with E-state index in [2.05, 4.69) is 20.9 Å². The van der Waals surface area contributed by atoms with Crippen LogP contribution in [-0.2, 0) is 0 Å². The van der Waals surface area contributed by atoms with Crippen molar-refractivity contribution in [1.82, 2.24) is 4.98 Å². The molecule has 0 amide bonds. The van der Waals surface area contributed by atoms with Crippen LogP contribution in [-0.4, -0.2) is 29.8 Å². The normalized spacial score (nSPS) is 12.6. The fourth-order valence-corrected chi connectivity index (χ4v) is 1.42. The maximum absolute atomic E-state index is 9.17. The Kier molecular flexibility index (Phi) is 3.69. The van der Waals surface area contributed by atoms with E-state index in [1.165, 1.54) is 0 Å². The van der Waals surface area contributed by atoms with E-state index in [-0.39, 0.29) is 6.10 Å². The van der Waals surface area contributed by atoms with E-state index >= 15 is 0 Å². The Morgan fingerprint density at radius 3 is 2.92 bits per heavy atom. The highest BCUT2D eigenvalue weighted by Gasteiger charge is 2.05. The lowest BCUT2D eigenvalue weighted by Gasteiger charge is -2.19. The fraction of sp³-hybridized carbons (Fsp3) is 0.444. The lowest BCUT2D eigenvalue weighted by Crippen LogP contribution is -2.27. The molecule has 0 radical (unpaired) electrons. The smallest absolute Gasteiger partial charge is 0.129 e. The number of aliphatic hydroxyl groups excluding tert-OH is 1. The minimum Gasteiger partial charge on any atom is -0.392 e. The van der Waals surface area contributed by atoms with Crippen molar-refractivity contribution in [2.24, 2.45) is 0 Å². The minimum atomic E-state index is -0.342. The van der Waals surface area contributed by atoms with E-state index in [0.29, 0.717) is 6.54 Å². The summed E-state index contributed by atoms with van der Waals surface area (Å²) in [5, 5.41) is 9.17. The maximum Gasteiger partial charge on any atom is 0.129 e. The predicted molar refractivity (Wildman–Crippen MR) is 56.9 cm³/mol. The second-order valence-corrected chi connectivity index (χ2v) is 3.98.